The molecule has 1 saturated heterocycles. The molecular formula is C25H28BN7O2. The normalized spacial score (nSPS) is 17.1. The third-order valence-corrected chi connectivity index (χ3v) is 6.72. The van der Waals surface area contributed by atoms with Crippen LogP contribution >= 0.6 is 0 Å². The summed E-state index contributed by atoms with van der Waals surface area (Å²) in [5.74, 6) is -0.375. The number of pyridine rings is 1. The lowest BCUT2D eigenvalue weighted by molar-refractivity contribution is 0.102. The van der Waals surface area contributed by atoms with Gasteiger partial charge in [-0.3, -0.25) is 9.78 Å². The number of nitrogen functional groups attached to an aromatic ring is 1. The topological polar surface area (TPSA) is 110 Å². The summed E-state index contributed by atoms with van der Waals surface area (Å²) in [7, 11) is 6.20. The van der Waals surface area contributed by atoms with Crippen LogP contribution in [0.1, 0.15) is 36.3 Å². The highest BCUT2D eigenvalue weighted by molar-refractivity contribution is 6.18. The molecule has 0 bridgehead atoms. The molecule has 4 heterocycles. The van der Waals surface area contributed by atoms with Crippen molar-refractivity contribution in [2.75, 3.05) is 53.6 Å². The van der Waals surface area contributed by atoms with Crippen LogP contribution in [0.25, 0.3) is 11.3 Å². The molecule has 178 valence electrons. The van der Waals surface area contributed by atoms with Crippen molar-refractivity contribution < 1.29 is 9.53 Å². The summed E-state index contributed by atoms with van der Waals surface area (Å²) < 4.78 is 5.45. The standard InChI is InChI=1S/C25H28BN7O2/c1-25(2)6-8-33(26)20-4-3-16(13-17(20)25)18-15-29-23(27)22(30-18)24(34)31-19-14-28-7-5-21(19)32-9-11-35-12-10-32/h3-5,7,13-15H,6,8-12H2,1-2H3,(H2,27,29)(H,31,34). The third kappa shape index (κ3) is 4.53. The number of aromatic nitrogens is 3. The monoisotopic (exact) mass is 469 g/mol. The second-order valence-corrected chi connectivity index (χ2v) is 9.49. The molecule has 0 spiro atoms. The van der Waals surface area contributed by atoms with E-state index in [-0.39, 0.29) is 16.9 Å². The highest BCUT2D eigenvalue weighted by Crippen LogP contribution is 2.40. The van der Waals surface area contributed by atoms with Crippen LogP contribution in [0.15, 0.2) is 42.9 Å². The number of ether oxygens (including phenoxy) is 1. The molecule has 2 radical (unpaired) electrons. The fourth-order valence-electron chi connectivity index (χ4n) is 4.59. The van der Waals surface area contributed by atoms with E-state index < -0.39 is 5.91 Å². The van der Waals surface area contributed by atoms with Gasteiger partial charge in [-0.15, -0.1) is 0 Å². The highest BCUT2D eigenvalue weighted by Gasteiger charge is 2.30. The van der Waals surface area contributed by atoms with Crippen LogP contribution in [0.2, 0.25) is 0 Å². The Bertz CT molecular complexity index is 1260. The molecule has 0 atom stereocenters. The maximum absolute atomic E-state index is 13.2. The number of rotatable bonds is 4. The van der Waals surface area contributed by atoms with Gasteiger partial charge in [-0.2, -0.15) is 0 Å². The Balaban J connectivity index is 1.45. The average molecular weight is 469 g/mol. The first-order chi connectivity index (χ1) is 16.8. The number of hydrogen-bond acceptors (Lipinski definition) is 8. The van der Waals surface area contributed by atoms with Crippen LogP contribution in [-0.2, 0) is 10.2 Å². The lowest BCUT2D eigenvalue weighted by atomic mass is 9.76. The number of nitrogens with zero attached hydrogens (tertiary/aromatic N) is 5. The molecule has 35 heavy (non-hydrogen) atoms. The predicted octanol–water partition coefficient (Wildman–Crippen LogP) is 2.78. The second-order valence-electron chi connectivity index (χ2n) is 9.49. The molecule has 1 fully saturated rings. The van der Waals surface area contributed by atoms with E-state index in [9.17, 15) is 4.79 Å². The molecule has 0 aliphatic carbocycles. The Morgan fingerprint density at radius 2 is 1.94 bits per heavy atom. The lowest BCUT2D eigenvalue weighted by Gasteiger charge is -2.39. The Morgan fingerprint density at radius 3 is 2.74 bits per heavy atom. The van der Waals surface area contributed by atoms with E-state index in [0.29, 0.717) is 24.6 Å². The summed E-state index contributed by atoms with van der Waals surface area (Å²) in [4.78, 5) is 30.2. The first-order valence-corrected chi connectivity index (χ1v) is 11.7. The molecule has 2 aromatic heterocycles. The van der Waals surface area contributed by atoms with Gasteiger partial charge in [0.2, 0.25) is 7.98 Å². The molecule has 3 N–H and O–H groups in total. The minimum Gasteiger partial charge on any atom is -0.425 e. The molecule has 0 saturated carbocycles. The van der Waals surface area contributed by atoms with E-state index in [2.05, 4.69) is 45.1 Å². The molecule has 10 heteroatoms. The fraction of sp³-hybridized carbons (Fsp3) is 0.360. The number of carbonyl (C=O) groups excluding carboxylic acids is 1. The van der Waals surface area contributed by atoms with Crippen LogP contribution < -0.4 is 20.8 Å². The van der Waals surface area contributed by atoms with E-state index >= 15 is 0 Å². The molecule has 1 aromatic carbocycles. The number of nitrogens with two attached hydrogens (primary N) is 1. The summed E-state index contributed by atoms with van der Waals surface area (Å²) in [6.45, 7) is 7.95. The van der Waals surface area contributed by atoms with Crippen LogP contribution in [0.5, 0.6) is 0 Å². The van der Waals surface area contributed by atoms with E-state index in [4.69, 9.17) is 18.5 Å². The number of fused-ring (bicyclic) bond motifs is 1. The zero-order valence-electron chi connectivity index (χ0n) is 20.0. The maximum atomic E-state index is 13.2. The number of anilines is 4. The van der Waals surface area contributed by atoms with Crippen LogP contribution in [0, 0.1) is 0 Å². The number of hydrogen-bond donors (Lipinski definition) is 2. The maximum Gasteiger partial charge on any atom is 0.278 e. The summed E-state index contributed by atoms with van der Waals surface area (Å²) in [6, 6.07) is 7.89. The van der Waals surface area contributed by atoms with Crippen molar-refractivity contribution in [1.29, 1.82) is 0 Å². The number of carbonyl (C=O) groups is 1. The van der Waals surface area contributed by atoms with Gasteiger partial charge < -0.3 is 25.5 Å². The quantitative estimate of drug-likeness (QED) is 0.562. The highest BCUT2D eigenvalue weighted by atomic mass is 16.5. The minimum atomic E-state index is -0.439. The van der Waals surface area contributed by atoms with Gasteiger partial charge in [-0.25, -0.2) is 9.97 Å². The summed E-state index contributed by atoms with van der Waals surface area (Å²) in [6.07, 6.45) is 5.86. The Morgan fingerprint density at radius 1 is 1.14 bits per heavy atom. The van der Waals surface area contributed by atoms with Crippen molar-refractivity contribution >= 4 is 36.8 Å². The average Bonchev–Trinajstić information content (AvgIpc) is 2.87. The number of amides is 1. The van der Waals surface area contributed by atoms with Crippen molar-refractivity contribution in [2.24, 2.45) is 0 Å². The third-order valence-electron chi connectivity index (χ3n) is 6.72. The van der Waals surface area contributed by atoms with E-state index in [1.807, 2.05) is 18.2 Å². The zero-order chi connectivity index (χ0) is 24.6. The Kier molecular flexibility index (Phi) is 6.06. The van der Waals surface area contributed by atoms with Gasteiger partial charge in [-0.05, 0) is 35.6 Å². The van der Waals surface area contributed by atoms with Crippen molar-refractivity contribution in [3.63, 3.8) is 0 Å². The molecule has 9 nitrogen and oxygen atoms in total. The van der Waals surface area contributed by atoms with Gasteiger partial charge in [0.05, 0.1) is 42.7 Å². The van der Waals surface area contributed by atoms with Crippen molar-refractivity contribution in [1.82, 2.24) is 15.0 Å². The van der Waals surface area contributed by atoms with E-state index in [1.54, 1.807) is 23.4 Å². The largest absolute Gasteiger partial charge is 0.425 e. The van der Waals surface area contributed by atoms with Gasteiger partial charge in [0, 0.05) is 37.1 Å². The van der Waals surface area contributed by atoms with Gasteiger partial charge in [-0.1, -0.05) is 19.9 Å². The molecular weight excluding hydrogens is 441 g/mol. The Labute approximate surface area is 206 Å². The first kappa shape index (κ1) is 23.1. The smallest absolute Gasteiger partial charge is 0.278 e. The van der Waals surface area contributed by atoms with Crippen molar-refractivity contribution in [2.45, 2.75) is 25.7 Å². The molecule has 2 aliphatic heterocycles. The van der Waals surface area contributed by atoms with Crippen LogP contribution in [-0.4, -0.2) is 61.7 Å². The molecule has 3 aromatic rings. The fourth-order valence-corrected chi connectivity index (χ4v) is 4.59. The van der Waals surface area contributed by atoms with Gasteiger partial charge in [0.1, 0.15) is 0 Å². The molecule has 5 rings (SSSR count). The van der Waals surface area contributed by atoms with E-state index in [0.717, 1.165) is 48.6 Å². The second kappa shape index (κ2) is 9.18. The zero-order valence-corrected chi connectivity index (χ0v) is 20.0. The number of morpholine rings is 1. The van der Waals surface area contributed by atoms with Gasteiger partial charge >= 0.3 is 0 Å². The molecule has 2 aliphatic rings. The minimum absolute atomic E-state index is 0.0289. The SMILES string of the molecule is [B]N1CCC(C)(C)c2cc(-c3cnc(N)c(C(=O)Nc4cnccc4N4CCOCC4)n3)ccc21. The summed E-state index contributed by atoms with van der Waals surface area (Å²) in [5.41, 5.74) is 11.1. The van der Waals surface area contributed by atoms with Gasteiger partial charge in [0.25, 0.3) is 5.91 Å². The van der Waals surface area contributed by atoms with Crippen molar-refractivity contribution in [3.05, 3.63) is 54.1 Å². The summed E-state index contributed by atoms with van der Waals surface area (Å²) >= 11 is 0. The molecule has 1 amide bonds. The first-order valence-electron chi connectivity index (χ1n) is 11.7. The summed E-state index contributed by atoms with van der Waals surface area (Å²) in [5, 5.41) is 2.92. The van der Waals surface area contributed by atoms with Crippen LogP contribution in [0.4, 0.5) is 22.9 Å². The Hall–Kier alpha value is -3.66. The molecule has 0 unspecified atom stereocenters. The lowest BCUT2D eigenvalue weighted by Crippen LogP contribution is -2.36. The van der Waals surface area contributed by atoms with Gasteiger partial charge in [0.15, 0.2) is 11.5 Å². The van der Waals surface area contributed by atoms with Crippen molar-refractivity contribution in [3.8, 4) is 11.3 Å². The van der Waals surface area contributed by atoms with E-state index in [1.165, 1.54) is 0 Å². The predicted molar refractivity (Wildman–Crippen MR) is 138 cm³/mol. The number of benzene rings is 1. The van der Waals surface area contributed by atoms with Crippen LogP contribution in [0.3, 0.4) is 0 Å². The number of nitrogens with one attached hydrogen (secondary N) is 1.